The van der Waals surface area contributed by atoms with Crippen LogP contribution in [0.4, 0.5) is 0 Å². The highest BCUT2D eigenvalue weighted by Crippen LogP contribution is 2.65. The van der Waals surface area contributed by atoms with Gasteiger partial charge in [0.15, 0.2) is 11.5 Å². The van der Waals surface area contributed by atoms with E-state index in [-0.39, 0.29) is 47.0 Å². The van der Waals surface area contributed by atoms with Crippen molar-refractivity contribution in [3.05, 3.63) is 35.9 Å². The zero-order valence-electron chi connectivity index (χ0n) is 12.7. The Bertz CT molecular complexity index is 794. The van der Waals surface area contributed by atoms with Gasteiger partial charge in [-0.3, -0.25) is 9.59 Å². The van der Waals surface area contributed by atoms with Gasteiger partial charge in [-0.05, 0) is 53.9 Å². The van der Waals surface area contributed by atoms with Gasteiger partial charge in [-0.15, -0.1) is 0 Å². The van der Waals surface area contributed by atoms with Crippen molar-refractivity contribution in [2.45, 2.75) is 6.42 Å². The molecule has 122 valence electrons. The maximum absolute atomic E-state index is 12.7. The minimum absolute atomic E-state index is 0.180. The molecule has 6 heteroatoms. The number of nitrogens with zero attached hydrogens (tertiary/aromatic N) is 2. The van der Waals surface area contributed by atoms with E-state index in [1.165, 1.54) is 18.3 Å². The Morgan fingerprint density at radius 3 is 2.21 bits per heavy atom. The van der Waals surface area contributed by atoms with Crippen molar-refractivity contribution in [2.24, 2.45) is 40.6 Å². The molecule has 6 atom stereocenters. The van der Waals surface area contributed by atoms with Crippen LogP contribution in [-0.2, 0) is 9.59 Å². The highest BCUT2D eigenvalue weighted by atomic mass is 16.3. The van der Waals surface area contributed by atoms with Crippen LogP contribution in [0.3, 0.4) is 0 Å². The van der Waals surface area contributed by atoms with E-state index in [0.717, 1.165) is 11.4 Å². The van der Waals surface area contributed by atoms with E-state index in [2.05, 4.69) is 17.3 Å². The van der Waals surface area contributed by atoms with E-state index in [9.17, 15) is 19.8 Å². The van der Waals surface area contributed by atoms with E-state index in [1.807, 2.05) is 0 Å². The molecule has 0 aromatic heterocycles. The lowest BCUT2D eigenvalue weighted by Gasteiger charge is -2.37. The largest absolute Gasteiger partial charge is 0.504 e. The van der Waals surface area contributed by atoms with Gasteiger partial charge in [0.1, 0.15) is 0 Å². The number of hydrogen-bond donors (Lipinski definition) is 2. The molecule has 5 aliphatic rings. The van der Waals surface area contributed by atoms with Crippen LogP contribution in [0, 0.1) is 35.5 Å². The molecular formula is C18H16N2O4. The number of carbonyl (C=O) groups is 2. The molecule has 1 aromatic rings. The number of phenols is 2. The summed E-state index contributed by atoms with van der Waals surface area (Å²) in [6.07, 6.45) is 6.74. The Kier molecular flexibility index (Phi) is 2.56. The van der Waals surface area contributed by atoms with E-state index >= 15 is 0 Å². The van der Waals surface area contributed by atoms with Gasteiger partial charge in [0, 0.05) is 0 Å². The highest BCUT2D eigenvalue weighted by molar-refractivity contribution is 6.06. The van der Waals surface area contributed by atoms with Crippen molar-refractivity contribution in [3.63, 3.8) is 0 Å². The minimum Gasteiger partial charge on any atom is -0.504 e. The smallest absolute Gasteiger partial charge is 0.254 e. The van der Waals surface area contributed by atoms with Crippen molar-refractivity contribution < 1.29 is 19.8 Å². The quantitative estimate of drug-likeness (QED) is 0.373. The number of benzene rings is 1. The molecule has 6 rings (SSSR count). The third-order valence-electron chi connectivity index (χ3n) is 5.96. The predicted molar refractivity (Wildman–Crippen MR) is 83.9 cm³/mol. The molecule has 2 saturated carbocycles. The molecule has 2 bridgehead atoms. The van der Waals surface area contributed by atoms with E-state index in [1.54, 1.807) is 6.07 Å². The molecule has 24 heavy (non-hydrogen) atoms. The Labute approximate surface area is 138 Å². The molecule has 4 aliphatic carbocycles. The zero-order chi connectivity index (χ0) is 16.6. The monoisotopic (exact) mass is 324 g/mol. The molecule has 1 aromatic carbocycles. The summed E-state index contributed by atoms with van der Waals surface area (Å²) >= 11 is 0. The molecule has 0 spiro atoms. The Morgan fingerprint density at radius 1 is 1.00 bits per heavy atom. The van der Waals surface area contributed by atoms with Crippen molar-refractivity contribution >= 4 is 18.0 Å². The van der Waals surface area contributed by atoms with Crippen LogP contribution in [-0.4, -0.2) is 33.3 Å². The van der Waals surface area contributed by atoms with Gasteiger partial charge in [0.25, 0.3) is 11.8 Å². The third kappa shape index (κ3) is 1.68. The first kappa shape index (κ1) is 13.8. The molecule has 0 unspecified atom stereocenters. The topological polar surface area (TPSA) is 90.2 Å². The fourth-order valence-electron chi connectivity index (χ4n) is 4.80. The summed E-state index contributed by atoms with van der Waals surface area (Å²) < 4.78 is 0. The molecule has 2 N–H and O–H groups in total. The fourth-order valence-corrected chi connectivity index (χ4v) is 4.80. The van der Waals surface area contributed by atoms with Crippen molar-refractivity contribution in [1.82, 2.24) is 5.01 Å². The molecule has 3 fully saturated rings. The summed E-state index contributed by atoms with van der Waals surface area (Å²) in [5.41, 5.74) is 0.504. The second-order valence-electron chi connectivity index (χ2n) is 7.14. The standard InChI is InChI=1S/C18H16N2O4/c21-13-4-1-8(5-14(13)22)7-19-20-17(23)15-9-2-3-10(12-6-11(9)12)16(15)18(20)24/h1-5,7,9-12,15-16,21-22H,6H2/t9-,10-,11-,12+,15-,16+/m0/s1. The first-order valence-electron chi connectivity index (χ1n) is 8.18. The lowest BCUT2D eigenvalue weighted by atomic mass is 9.63. The molecular weight excluding hydrogens is 308 g/mol. The zero-order valence-corrected chi connectivity index (χ0v) is 12.7. The van der Waals surface area contributed by atoms with Crippen LogP contribution in [0.5, 0.6) is 11.5 Å². The summed E-state index contributed by atoms with van der Waals surface area (Å²) in [5.74, 6) is 0.0409. The first-order valence-corrected chi connectivity index (χ1v) is 8.18. The molecule has 1 aliphatic heterocycles. The van der Waals surface area contributed by atoms with Gasteiger partial charge >= 0.3 is 0 Å². The number of rotatable bonds is 2. The van der Waals surface area contributed by atoms with Gasteiger partial charge < -0.3 is 10.2 Å². The summed E-state index contributed by atoms with van der Waals surface area (Å²) in [6, 6.07) is 4.22. The number of hydrogen-bond acceptors (Lipinski definition) is 5. The summed E-state index contributed by atoms with van der Waals surface area (Å²) in [7, 11) is 0. The van der Waals surface area contributed by atoms with Gasteiger partial charge in [-0.1, -0.05) is 12.2 Å². The SMILES string of the molecule is O=C1[C@@H]2[C@H]3C=C[C@@H]([C@@H]4C[C@H]34)[C@@H]2C(=O)N1N=Cc1ccc(O)c(O)c1. The number of hydrazone groups is 1. The molecule has 1 heterocycles. The maximum atomic E-state index is 12.7. The second-order valence-corrected chi connectivity index (χ2v) is 7.14. The normalized spacial score (nSPS) is 38.8. The molecule has 0 radical (unpaired) electrons. The Morgan fingerprint density at radius 2 is 1.62 bits per heavy atom. The number of phenolic OH excluding ortho intramolecular Hbond substituents is 2. The fraction of sp³-hybridized carbons (Fsp3) is 0.389. The van der Waals surface area contributed by atoms with E-state index < -0.39 is 0 Å². The van der Waals surface area contributed by atoms with Crippen molar-refractivity contribution in [2.75, 3.05) is 0 Å². The average Bonchev–Trinajstić information content (AvgIpc) is 3.35. The minimum atomic E-state index is -0.269. The predicted octanol–water partition coefficient (Wildman–Crippen LogP) is 1.48. The summed E-state index contributed by atoms with van der Waals surface area (Å²) in [6.45, 7) is 0. The summed E-state index contributed by atoms with van der Waals surface area (Å²) in [5, 5.41) is 23.9. The van der Waals surface area contributed by atoms with Crippen LogP contribution in [0.15, 0.2) is 35.5 Å². The third-order valence-corrected chi connectivity index (χ3v) is 5.96. The van der Waals surface area contributed by atoms with Crippen molar-refractivity contribution in [3.8, 4) is 11.5 Å². The number of imide groups is 1. The van der Waals surface area contributed by atoms with Crippen LogP contribution < -0.4 is 0 Å². The van der Waals surface area contributed by atoms with Crippen molar-refractivity contribution in [1.29, 1.82) is 0 Å². The van der Waals surface area contributed by atoms with Crippen LogP contribution in [0.1, 0.15) is 12.0 Å². The van der Waals surface area contributed by atoms with Gasteiger partial charge in [0.05, 0.1) is 18.1 Å². The average molecular weight is 324 g/mol. The second kappa shape index (κ2) is 4.47. The Hall–Kier alpha value is -2.63. The van der Waals surface area contributed by atoms with Crippen LogP contribution >= 0.6 is 0 Å². The van der Waals surface area contributed by atoms with Crippen LogP contribution in [0.2, 0.25) is 0 Å². The van der Waals surface area contributed by atoms with Gasteiger partial charge in [0.2, 0.25) is 0 Å². The van der Waals surface area contributed by atoms with Gasteiger partial charge in [-0.2, -0.15) is 10.1 Å². The molecule has 6 nitrogen and oxygen atoms in total. The highest BCUT2D eigenvalue weighted by Gasteiger charge is 2.67. The number of allylic oxidation sites excluding steroid dienone is 2. The summed E-state index contributed by atoms with van der Waals surface area (Å²) in [4.78, 5) is 25.4. The lowest BCUT2D eigenvalue weighted by Crippen LogP contribution is -2.40. The molecule has 1 saturated heterocycles. The number of carbonyl (C=O) groups excluding carboxylic acids is 2. The van der Waals surface area contributed by atoms with Crippen LogP contribution in [0.25, 0.3) is 0 Å². The maximum Gasteiger partial charge on any atom is 0.254 e. The number of amides is 2. The molecule has 2 amide bonds. The lowest BCUT2D eigenvalue weighted by molar-refractivity contribution is -0.140. The first-order chi connectivity index (χ1) is 11.6. The Balaban J connectivity index is 1.44. The van der Waals surface area contributed by atoms with E-state index in [0.29, 0.717) is 17.4 Å². The van der Waals surface area contributed by atoms with Gasteiger partial charge in [-0.25, -0.2) is 0 Å². The van der Waals surface area contributed by atoms with E-state index in [4.69, 9.17) is 0 Å². The number of aromatic hydroxyl groups is 2.